The molecule has 0 spiro atoms. The van der Waals surface area contributed by atoms with Gasteiger partial charge in [-0.15, -0.1) is 0 Å². The van der Waals surface area contributed by atoms with E-state index in [4.69, 9.17) is 16.7 Å². The van der Waals surface area contributed by atoms with Crippen molar-refractivity contribution in [1.29, 1.82) is 0 Å². The second-order valence-corrected chi connectivity index (χ2v) is 8.53. The number of amides is 1. The van der Waals surface area contributed by atoms with Gasteiger partial charge in [-0.25, -0.2) is 18.5 Å². The van der Waals surface area contributed by atoms with Gasteiger partial charge in [0.15, 0.2) is 0 Å². The van der Waals surface area contributed by atoms with Crippen LogP contribution in [-0.4, -0.2) is 30.4 Å². The lowest BCUT2D eigenvalue weighted by atomic mass is 10.1. The Balaban J connectivity index is 1.54. The molecule has 3 aromatic rings. The first-order valence-corrected chi connectivity index (χ1v) is 10.9. The highest BCUT2D eigenvalue weighted by Gasteiger charge is 2.09. The van der Waals surface area contributed by atoms with Crippen LogP contribution in [-0.2, 0) is 27.8 Å². The van der Waals surface area contributed by atoms with Crippen LogP contribution in [0.2, 0.25) is 5.02 Å². The highest BCUT2D eigenvalue weighted by Crippen LogP contribution is 2.17. The van der Waals surface area contributed by atoms with Crippen LogP contribution in [0.5, 0.6) is 0 Å². The van der Waals surface area contributed by atoms with Gasteiger partial charge in [0.25, 0.3) is 5.56 Å². The number of halogens is 1. The van der Waals surface area contributed by atoms with Gasteiger partial charge in [-0.3, -0.25) is 14.2 Å². The molecule has 0 aliphatic rings. The van der Waals surface area contributed by atoms with E-state index in [9.17, 15) is 18.0 Å². The normalized spacial score (nSPS) is 11.3. The standard InChI is InChI=1S/C20H19ClN4O4S/c21-16-5-3-15(4-6-16)18-11-20(27)25(13-24-18)12-19(26)23-10-9-14-1-7-17(8-2-14)30(22,28)29/h1-8,11,13H,9-10,12H2,(H,23,26)(H2,22,28,29). The summed E-state index contributed by atoms with van der Waals surface area (Å²) in [6.45, 7) is 0.176. The second kappa shape index (κ2) is 9.21. The molecule has 156 valence electrons. The number of sulfonamides is 1. The van der Waals surface area contributed by atoms with Crippen LogP contribution < -0.4 is 16.0 Å². The molecular formula is C20H19ClN4O4S. The molecule has 1 aromatic heterocycles. The van der Waals surface area contributed by atoms with Crippen molar-refractivity contribution >= 4 is 27.5 Å². The zero-order chi connectivity index (χ0) is 21.7. The topological polar surface area (TPSA) is 124 Å². The van der Waals surface area contributed by atoms with Crippen LogP contribution in [0.15, 0.2) is 70.6 Å². The summed E-state index contributed by atoms with van der Waals surface area (Å²) in [5, 5.41) is 8.36. The fourth-order valence-electron chi connectivity index (χ4n) is 2.73. The van der Waals surface area contributed by atoms with Crippen LogP contribution in [0.4, 0.5) is 0 Å². The Morgan fingerprint density at radius 3 is 2.37 bits per heavy atom. The van der Waals surface area contributed by atoms with Crippen molar-refractivity contribution in [2.45, 2.75) is 17.9 Å². The van der Waals surface area contributed by atoms with Crippen molar-refractivity contribution in [3.05, 3.63) is 81.9 Å². The first-order chi connectivity index (χ1) is 14.2. The molecule has 10 heteroatoms. The van der Waals surface area contributed by atoms with Crippen LogP contribution >= 0.6 is 11.6 Å². The van der Waals surface area contributed by atoms with E-state index in [2.05, 4.69) is 10.3 Å². The van der Waals surface area contributed by atoms with Crippen molar-refractivity contribution in [3.8, 4) is 11.3 Å². The number of primary sulfonamides is 1. The number of hydrogen-bond donors (Lipinski definition) is 2. The molecule has 0 saturated heterocycles. The summed E-state index contributed by atoms with van der Waals surface area (Å²) in [4.78, 5) is 28.7. The number of carbonyl (C=O) groups is 1. The zero-order valence-electron chi connectivity index (χ0n) is 15.8. The minimum Gasteiger partial charge on any atom is -0.354 e. The van der Waals surface area contributed by atoms with Gasteiger partial charge < -0.3 is 5.32 Å². The predicted molar refractivity (Wildman–Crippen MR) is 113 cm³/mol. The van der Waals surface area contributed by atoms with Crippen LogP contribution in [0.3, 0.4) is 0 Å². The highest BCUT2D eigenvalue weighted by molar-refractivity contribution is 7.89. The number of rotatable bonds is 7. The summed E-state index contributed by atoms with van der Waals surface area (Å²) in [6.07, 6.45) is 1.83. The molecule has 0 aliphatic carbocycles. The lowest BCUT2D eigenvalue weighted by Crippen LogP contribution is -2.33. The molecule has 0 radical (unpaired) electrons. The molecule has 3 N–H and O–H groups in total. The average molecular weight is 447 g/mol. The van der Waals surface area contributed by atoms with Crippen molar-refractivity contribution < 1.29 is 13.2 Å². The Morgan fingerprint density at radius 1 is 1.10 bits per heavy atom. The van der Waals surface area contributed by atoms with Gasteiger partial charge in [0.05, 0.1) is 16.9 Å². The summed E-state index contributed by atoms with van der Waals surface area (Å²) in [7, 11) is -3.73. The van der Waals surface area contributed by atoms with E-state index in [-0.39, 0.29) is 22.9 Å². The molecule has 1 heterocycles. The molecule has 0 aliphatic heterocycles. The van der Waals surface area contributed by atoms with Gasteiger partial charge >= 0.3 is 0 Å². The van der Waals surface area contributed by atoms with Crippen molar-refractivity contribution in [2.24, 2.45) is 5.14 Å². The Morgan fingerprint density at radius 2 is 1.77 bits per heavy atom. The maximum Gasteiger partial charge on any atom is 0.254 e. The monoisotopic (exact) mass is 446 g/mol. The molecule has 3 rings (SSSR count). The van der Waals surface area contributed by atoms with E-state index in [1.54, 1.807) is 36.4 Å². The molecule has 0 bridgehead atoms. The number of hydrogen-bond acceptors (Lipinski definition) is 5. The van der Waals surface area contributed by atoms with E-state index >= 15 is 0 Å². The smallest absolute Gasteiger partial charge is 0.254 e. The number of nitrogens with one attached hydrogen (secondary N) is 1. The summed E-state index contributed by atoms with van der Waals surface area (Å²) in [5.41, 5.74) is 1.75. The average Bonchev–Trinajstić information content (AvgIpc) is 2.70. The third-order valence-corrected chi connectivity index (χ3v) is 5.50. The quantitative estimate of drug-likeness (QED) is 0.570. The summed E-state index contributed by atoms with van der Waals surface area (Å²) < 4.78 is 23.7. The minimum absolute atomic E-state index is 0.0317. The maximum absolute atomic E-state index is 12.3. The Kier molecular flexibility index (Phi) is 6.66. The molecular weight excluding hydrogens is 428 g/mol. The minimum atomic E-state index is -3.73. The molecule has 0 fully saturated rings. The molecule has 0 atom stereocenters. The zero-order valence-corrected chi connectivity index (χ0v) is 17.4. The molecule has 2 aromatic carbocycles. The van der Waals surface area contributed by atoms with Gasteiger partial charge in [-0.05, 0) is 36.2 Å². The van der Waals surface area contributed by atoms with Crippen LogP contribution in [0, 0.1) is 0 Å². The predicted octanol–water partition coefficient (Wildman–Crippen LogP) is 1.57. The van der Waals surface area contributed by atoms with Gasteiger partial charge in [-0.1, -0.05) is 35.9 Å². The van der Waals surface area contributed by atoms with E-state index < -0.39 is 10.0 Å². The number of nitrogens with two attached hydrogens (primary N) is 1. The van der Waals surface area contributed by atoms with Gasteiger partial charge in [0.1, 0.15) is 6.54 Å². The molecule has 1 amide bonds. The van der Waals surface area contributed by atoms with E-state index in [1.165, 1.54) is 29.1 Å². The molecule has 0 unspecified atom stereocenters. The van der Waals surface area contributed by atoms with Crippen molar-refractivity contribution in [2.75, 3.05) is 6.54 Å². The van der Waals surface area contributed by atoms with Crippen molar-refractivity contribution in [3.63, 3.8) is 0 Å². The Hall–Kier alpha value is -3.01. The van der Waals surface area contributed by atoms with E-state index in [0.717, 1.165) is 11.1 Å². The summed E-state index contributed by atoms with van der Waals surface area (Å²) in [6, 6.07) is 14.4. The van der Waals surface area contributed by atoms with Crippen LogP contribution in [0.1, 0.15) is 5.56 Å². The SMILES string of the molecule is NS(=O)(=O)c1ccc(CCNC(=O)Cn2cnc(-c3ccc(Cl)cc3)cc2=O)cc1. The molecule has 8 nitrogen and oxygen atoms in total. The highest BCUT2D eigenvalue weighted by atomic mass is 35.5. The lowest BCUT2D eigenvalue weighted by Gasteiger charge is -2.08. The van der Waals surface area contributed by atoms with Crippen molar-refractivity contribution in [1.82, 2.24) is 14.9 Å². The van der Waals surface area contributed by atoms with E-state index in [1.807, 2.05) is 0 Å². The second-order valence-electron chi connectivity index (χ2n) is 6.54. The number of nitrogens with zero attached hydrogens (tertiary/aromatic N) is 2. The third kappa shape index (κ3) is 5.76. The summed E-state index contributed by atoms with van der Waals surface area (Å²) >= 11 is 5.86. The number of benzene rings is 2. The first kappa shape index (κ1) is 21.7. The van der Waals surface area contributed by atoms with Gasteiger partial charge in [0, 0.05) is 23.2 Å². The fourth-order valence-corrected chi connectivity index (χ4v) is 3.37. The Bertz CT molecular complexity index is 1210. The van der Waals surface area contributed by atoms with Gasteiger partial charge in [0.2, 0.25) is 15.9 Å². The third-order valence-electron chi connectivity index (χ3n) is 4.32. The first-order valence-electron chi connectivity index (χ1n) is 8.93. The fraction of sp³-hybridized carbons (Fsp3) is 0.150. The molecule has 0 saturated carbocycles. The number of carbonyl (C=O) groups excluding carboxylic acids is 1. The largest absolute Gasteiger partial charge is 0.354 e. The molecule has 30 heavy (non-hydrogen) atoms. The maximum atomic E-state index is 12.3. The number of aromatic nitrogens is 2. The van der Waals surface area contributed by atoms with Gasteiger partial charge in [-0.2, -0.15) is 0 Å². The lowest BCUT2D eigenvalue weighted by molar-refractivity contribution is -0.121. The van der Waals surface area contributed by atoms with Crippen LogP contribution in [0.25, 0.3) is 11.3 Å². The Labute approximate surface area is 178 Å². The van der Waals surface area contributed by atoms with E-state index in [0.29, 0.717) is 23.7 Å². The summed E-state index contributed by atoms with van der Waals surface area (Å²) in [5.74, 6) is -0.334.